The van der Waals surface area contributed by atoms with Crippen molar-refractivity contribution in [2.45, 2.75) is 6.54 Å². The van der Waals surface area contributed by atoms with Crippen molar-refractivity contribution in [1.29, 1.82) is 0 Å². The summed E-state index contributed by atoms with van der Waals surface area (Å²) in [5, 5.41) is -0.132. The lowest BCUT2D eigenvalue weighted by Crippen LogP contribution is -2.33. The highest BCUT2D eigenvalue weighted by molar-refractivity contribution is 6.31. The normalized spacial score (nSPS) is 13.3. The number of esters is 1. The first-order valence-corrected chi connectivity index (χ1v) is 7.51. The van der Waals surface area contributed by atoms with Crippen molar-refractivity contribution in [3.05, 3.63) is 58.4 Å². The molecule has 0 atom stereocenters. The molecule has 0 aromatic heterocycles. The molecule has 4 nitrogen and oxygen atoms in total. The third-order valence-corrected chi connectivity index (χ3v) is 3.98. The Labute approximate surface area is 138 Å². The molecule has 2 aromatic rings. The SMILES string of the molecule is COC(=O)c1c(F)c(Cl)cc2c1OCCN2Cc1ccccc1. The van der Waals surface area contributed by atoms with Crippen LogP contribution in [0.3, 0.4) is 0 Å². The number of ether oxygens (including phenoxy) is 2. The summed E-state index contributed by atoms with van der Waals surface area (Å²) in [7, 11) is 1.19. The molecule has 2 aromatic carbocycles. The van der Waals surface area contributed by atoms with E-state index in [0.717, 1.165) is 5.56 Å². The molecular weight excluding hydrogens is 321 g/mol. The zero-order valence-electron chi connectivity index (χ0n) is 12.5. The molecule has 0 fully saturated rings. The van der Waals surface area contributed by atoms with Crippen LogP contribution in [0.1, 0.15) is 15.9 Å². The largest absolute Gasteiger partial charge is 0.489 e. The number of hydrogen-bond donors (Lipinski definition) is 0. The van der Waals surface area contributed by atoms with E-state index in [-0.39, 0.29) is 16.3 Å². The molecule has 0 unspecified atom stereocenters. The summed E-state index contributed by atoms with van der Waals surface area (Å²) < 4.78 is 24.4. The van der Waals surface area contributed by atoms with Gasteiger partial charge in [0.2, 0.25) is 0 Å². The fraction of sp³-hybridized carbons (Fsp3) is 0.235. The summed E-state index contributed by atoms with van der Waals surface area (Å²) in [6.45, 7) is 1.58. The first-order valence-electron chi connectivity index (χ1n) is 7.13. The van der Waals surface area contributed by atoms with Crippen LogP contribution < -0.4 is 9.64 Å². The van der Waals surface area contributed by atoms with Gasteiger partial charge >= 0.3 is 5.97 Å². The standard InChI is InChI=1S/C17H15ClFNO3/c1-22-17(21)14-15(19)12(18)9-13-16(14)23-8-7-20(13)10-11-5-3-2-4-6-11/h2-6,9H,7-8,10H2,1H3. The maximum Gasteiger partial charge on any atom is 0.344 e. The van der Waals surface area contributed by atoms with Crippen LogP contribution in [-0.2, 0) is 11.3 Å². The molecule has 23 heavy (non-hydrogen) atoms. The smallest absolute Gasteiger partial charge is 0.344 e. The number of halogens is 2. The first kappa shape index (κ1) is 15.6. The Bertz CT molecular complexity index is 736. The number of fused-ring (bicyclic) bond motifs is 1. The van der Waals surface area contributed by atoms with Gasteiger partial charge in [0.05, 0.1) is 24.4 Å². The van der Waals surface area contributed by atoms with Gasteiger partial charge in [-0.05, 0) is 11.6 Å². The highest BCUT2D eigenvalue weighted by atomic mass is 35.5. The Hall–Kier alpha value is -2.27. The van der Waals surface area contributed by atoms with E-state index in [9.17, 15) is 9.18 Å². The van der Waals surface area contributed by atoms with Crippen LogP contribution in [0, 0.1) is 5.82 Å². The van der Waals surface area contributed by atoms with Crippen molar-refractivity contribution in [3.63, 3.8) is 0 Å². The minimum Gasteiger partial charge on any atom is -0.489 e. The van der Waals surface area contributed by atoms with Gasteiger partial charge in [0.25, 0.3) is 0 Å². The second-order valence-electron chi connectivity index (χ2n) is 5.14. The Morgan fingerprint density at radius 2 is 2.13 bits per heavy atom. The van der Waals surface area contributed by atoms with Gasteiger partial charge < -0.3 is 14.4 Å². The zero-order chi connectivity index (χ0) is 16.4. The maximum absolute atomic E-state index is 14.2. The minimum atomic E-state index is -0.821. The number of nitrogens with zero attached hydrogens (tertiary/aromatic N) is 1. The molecule has 0 saturated carbocycles. The van der Waals surface area contributed by atoms with Crippen LogP contribution in [-0.4, -0.2) is 26.2 Å². The number of rotatable bonds is 3. The van der Waals surface area contributed by atoms with E-state index in [4.69, 9.17) is 16.3 Å². The van der Waals surface area contributed by atoms with Gasteiger partial charge in [0.1, 0.15) is 12.2 Å². The van der Waals surface area contributed by atoms with Crippen LogP contribution >= 0.6 is 11.6 Å². The molecule has 1 aliphatic rings. The van der Waals surface area contributed by atoms with Gasteiger partial charge in [-0.2, -0.15) is 0 Å². The summed E-state index contributed by atoms with van der Waals surface area (Å²) in [4.78, 5) is 13.9. The van der Waals surface area contributed by atoms with Crippen molar-refractivity contribution in [1.82, 2.24) is 0 Å². The fourth-order valence-corrected chi connectivity index (χ4v) is 2.81. The summed E-state index contributed by atoms with van der Waals surface area (Å²) in [5.74, 6) is -1.44. The third-order valence-electron chi connectivity index (χ3n) is 3.71. The number of hydrogen-bond acceptors (Lipinski definition) is 4. The second kappa shape index (κ2) is 6.46. The Kier molecular flexibility index (Phi) is 4.39. The molecule has 0 saturated heterocycles. The summed E-state index contributed by atoms with van der Waals surface area (Å²) in [6, 6.07) is 11.3. The number of anilines is 1. The number of benzene rings is 2. The summed E-state index contributed by atoms with van der Waals surface area (Å²) in [5.41, 5.74) is 1.43. The van der Waals surface area contributed by atoms with Crippen molar-refractivity contribution in [2.75, 3.05) is 25.2 Å². The molecule has 6 heteroatoms. The van der Waals surface area contributed by atoms with Gasteiger partial charge in [0, 0.05) is 6.54 Å². The van der Waals surface area contributed by atoms with E-state index in [1.165, 1.54) is 13.2 Å². The number of carbonyl (C=O) groups excluding carboxylic acids is 1. The molecule has 120 valence electrons. The van der Waals surface area contributed by atoms with E-state index in [1.807, 2.05) is 35.2 Å². The van der Waals surface area contributed by atoms with E-state index in [2.05, 4.69) is 4.74 Å². The monoisotopic (exact) mass is 335 g/mol. The van der Waals surface area contributed by atoms with Crippen molar-refractivity contribution >= 4 is 23.3 Å². The van der Waals surface area contributed by atoms with Crippen LogP contribution in [0.5, 0.6) is 5.75 Å². The van der Waals surface area contributed by atoms with Gasteiger partial charge in [0.15, 0.2) is 11.6 Å². The van der Waals surface area contributed by atoms with Gasteiger partial charge in [-0.25, -0.2) is 9.18 Å². The van der Waals surface area contributed by atoms with Crippen molar-refractivity contribution in [3.8, 4) is 5.75 Å². The van der Waals surface area contributed by atoms with Crippen LogP contribution in [0.25, 0.3) is 0 Å². The highest BCUT2D eigenvalue weighted by Crippen LogP contribution is 2.40. The van der Waals surface area contributed by atoms with Crippen LogP contribution in [0.15, 0.2) is 36.4 Å². The quantitative estimate of drug-likeness (QED) is 0.802. The third kappa shape index (κ3) is 2.97. The average Bonchev–Trinajstić information content (AvgIpc) is 2.57. The predicted molar refractivity (Wildman–Crippen MR) is 85.7 cm³/mol. The van der Waals surface area contributed by atoms with Crippen LogP contribution in [0.4, 0.5) is 10.1 Å². The molecule has 0 bridgehead atoms. The lowest BCUT2D eigenvalue weighted by atomic mass is 10.1. The van der Waals surface area contributed by atoms with E-state index in [1.54, 1.807) is 0 Å². The van der Waals surface area contributed by atoms with Gasteiger partial charge in [-0.1, -0.05) is 41.9 Å². The molecule has 0 N–H and O–H groups in total. The lowest BCUT2D eigenvalue weighted by Gasteiger charge is -2.32. The summed E-state index contributed by atoms with van der Waals surface area (Å²) in [6.07, 6.45) is 0. The van der Waals surface area contributed by atoms with Crippen molar-refractivity contribution in [2.24, 2.45) is 0 Å². The molecule has 3 rings (SSSR count). The minimum absolute atomic E-state index is 0.132. The lowest BCUT2D eigenvalue weighted by molar-refractivity contribution is 0.0590. The molecule has 0 radical (unpaired) electrons. The first-order chi connectivity index (χ1) is 11.1. The summed E-state index contributed by atoms with van der Waals surface area (Å²) >= 11 is 5.96. The predicted octanol–water partition coefficient (Wildman–Crippen LogP) is 3.66. The van der Waals surface area contributed by atoms with E-state index >= 15 is 0 Å². The molecule has 0 amide bonds. The average molecular weight is 336 g/mol. The fourth-order valence-electron chi connectivity index (χ4n) is 2.61. The Balaban J connectivity index is 2.05. The highest BCUT2D eigenvalue weighted by Gasteiger charge is 2.30. The van der Waals surface area contributed by atoms with E-state index < -0.39 is 11.8 Å². The molecule has 0 spiro atoms. The Morgan fingerprint density at radius 1 is 1.39 bits per heavy atom. The molecule has 1 heterocycles. The Morgan fingerprint density at radius 3 is 2.83 bits per heavy atom. The van der Waals surface area contributed by atoms with Gasteiger partial charge in [-0.3, -0.25) is 0 Å². The second-order valence-corrected chi connectivity index (χ2v) is 5.55. The number of carbonyl (C=O) groups is 1. The molecule has 0 aliphatic carbocycles. The maximum atomic E-state index is 14.2. The van der Waals surface area contributed by atoms with Crippen molar-refractivity contribution < 1.29 is 18.7 Å². The van der Waals surface area contributed by atoms with Gasteiger partial charge in [-0.15, -0.1) is 0 Å². The molecule has 1 aliphatic heterocycles. The van der Waals surface area contributed by atoms with E-state index in [0.29, 0.717) is 25.4 Å². The number of methoxy groups -OCH3 is 1. The zero-order valence-corrected chi connectivity index (χ0v) is 13.3. The van der Waals surface area contributed by atoms with Crippen LogP contribution in [0.2, 0.25) is 5.02 Å². The molecular formula is C17H15ClFNO3. The topological polar surface area (TPSA) is 38.8 Å².